The quantitative estimate of drug-likeness (QED) is 0.395. The van der Waals surface area contributed by atoms with Gasteiger partial charge in [0.1, 0.15) is 5.75 Å². The van der Waals surface area contributed by atoms with Crippen molar-refractivity contribution in [3.63, 3.8) is 0 Å². The van der Waals surface area contributed by atoms with Gasteiger partial charge in [0.25, 0.3) is 0 Å². The summed E-state index contributed by atoms with van der Waals surface area (Å²) in [5, 5.41) is 20.3. The van der Waals surface area contributed by atoms with Crippen molar-refractivity contribution in [2.45, 2.75) is 58.4 Å². The van der Waals surface area contributed by atoms with Gasteiger partial charge < -0.3 is 14.8 Å². The number of carbonyl (C=O) groups excluding carboxylic acids is 2. The number of phenols is 1. The fourth-order valence-electron chi connectivity index (χ4n) is 6.54. The van der Waals surface area contributed by atoms with Crippen molar-refractivity contribution in [3.8, 4) is 5.75 Å². The smallest absolute Gasteiger partial charge is 0.455 e. The molecule has 2 N–H and O–H groups in total. The van der Waals surface area contributed by atoms with Crippen LogP contribution in [0.15, 0.2) is 65.3 Å². The van der Waals surface area contributed by atoms with Crippen LogP contribution in [0.25, 0.3) is 6.08 Å². The summed E-state index contributed by atoms with van der Waals surface area (Å²) in [4.78, 5) is 27.0. The number of ketones is 2. The van der Waals surface area contributed by atoms with E-state index in [1.54, 1.807) is 24.3 Å². The van der Waals surface area contributed by atoms with E-state index in [9.17, 15) is 19.7 Å². The second kappa shape index (κ2) is 10.2. The van der Waals surface area contributed by atoms with Gasteiger partial charge in [-0.05, 0) is 68.1 Å². The van der Waals surface area contributed by atoms with E-state index in [1.807, 2.05) is 24.3 Å². The molecule has 2 aliphatic carbocycles. The van der Waals surface area contributed by atoms with Crippen LogP contribution >= 0.6 is 0 Å². The van der Waals surface area contributed by atoms with Crippen molar-refractivity contribution in [2.75, 3.05) is 0 Å². The fraction of sp³-hybridized carbons (Fsp3) is 0.400. The number of hydrogen-bond donors (Lipinski definition) is 2. The van der Waals surface area contributed by atoms with Gasteiger partial charge in [0.2, 0.25) is 0 Å². The van der Waals surface area contributed by atoms with Crippen LogP contribution in [0.2, 0.25) is 6.32 Å². The number of carbonyl (C=O) groups is 2. The SMILES string of the molecule is CCC/C(=C\c1ccc(O)cc1)CC[C@H]1OB(O)C[C@H]2C1=C(C)C[C@H]1C(=O)c3ccccc3C(=O)[C@H]12. The zero-order chi connectivity index (χ0) is 25.4. The Balaban J connectivity index is 1.42. The summed E-state index contributed by atoms with van der Waals surface area (Å²) in [5.41, 5.74) is 5.61. The van der Waals surface area contributed by atoms with E-state index < -0.39 is 13.0 Å². The third-order valence-electron chi connectivity index (χ3n) is 8.07. The number of Topliss-reactive ketones (excluding diaryl/α,β-unsaturated/α-hetero) is 2. The summed E-state index contributed by atoms with van der Waals surface area (Å²) in [7, 11) is -0.953. The number of fused-ring (bicyclic) bond motifs is 4. The first-order valence-electron chi connectivity index (χ1n) is 13.1. The summed E-state index contributed by atoms with van der Waals surface area (Å²) in [6, 6.07) is 14.3. The Labute approximate surface area is 213 Å². The number of hydrogen-bond acceptors (Lipinski definition) is 5. The van der Waals surface area contributed by atoms with Crippen molar-refractivity contribution >= 4 is 24.8 Å². The molecule has 1 fully saturated rings. The fourth-order valence-corrected chi connectivity index (χ4v) is 6.54. The number of rotatable bonds is 6. The highest BCUT2D eigenvalue weighted by molar-refractivity contribution is 6.43. The first-order chi connectivity index (χ1) is 17.4. The summed E-state index contributed by atoms with van der Waals surface area (Å²) < 4.78 is 6.07. The van der Waals surface area contributed by atoms with E-state index in [2.05, 4.69) is 19.9 Å². The standard InChI is InChI=1S/C30H33BO5/c1-3-6-19(16-20-9-12-21(32)13-10-20)11-14-26-27-18(2)15-24-28(25(27)17-31(35)36-26)30(34)23-8-5-4-7-22(23)29(24)33/h4-5,7-10,12-13,16,24-26,28,32,35H,3,6,11,14-15,17H2,1-2H3/b19-16+/t24-,25+,26-,28-/m1/s1. The lowest BCUT2D eigenvalue weighted by atomic mass is 9.54. The maximum atomic E-state index is 13.6. The molecule has 0 unspecified atom stereocenters. The van der Waals surface area contributed by atoms with Gasteiger partial charge in [-0.1, -0.05) is 67.0 Å². The molecule has 0 spiro atoms. The van der Waals surface area contributed by atoms with E-state index in [-0.39, 0.29) is 35.3 Å². The number of phenolic OH excluding ortho intramolecular Hbond substituents is 1. The second-order valence-corrected chi connectivity index (χ2v) is 10.5. The van der Waals surface area contributed by atoms with Crippen molar-refractivity contribution in [1.82, 2.24) is 0 Å². The van der Waals surface area contributed by atoms with Gasteiger partial charge >= 0.3 is 7.12 Å². The molecule has 1 heterocycles. The molecule has 5 nitrogen and oxygen atoms in total. The molecule has 1 saturated heterocycles. The molecule has 4 atom stereocenters. The average Bonchev–Trinajstić information content (AvgIpc) is 2.86. The Morgan fingerprint density at radius 2 is 1.72 bits per heavy atom. The molecule has 36 heavy (non-hydrogen) atoms. The minimum atomic E-state index is -0.953. The molecule has 2 aromatic rings. The first kappa shape index (κ1) is 24.7. The maximum Gasteiger partial charge on any atom is 0.455 e. The van der Waals surface area contributed by atoms with E-state index in [0.717, 1.165) is 36.0 Å². The van der Waals surface area contributed by atoms with Crippen LogP contribution in [0.1, 0.15) is 72.2 Å². The van der Waals surface area contributed by atoms with E-state index >= 15 is 0 Å². The van der Waals surface area contributed by atoms with Gasteiger partial charge in [0, 0.05) is 23.0 Å². The zero-order valence-electron chi connectivity index (χ0n) is 20.9. The molecule has 0 bridgehead atoms. The Bertz CT molecular complexity index is 1230. The number of aromatic hydroxyl groups is 1. The van der Waals surface area contributed by atoms with Crippen molar-refractivity contribution in [1.29, 1.82) is 0 Å². The van der Waals surface area contributed by atoms with Crippen LogP contribution < -0.4 is 0 Å². The Morgan fingerprint density at radius 1 is 1.03 bits per heavy atom. The highest BCUT2D eigenvalue weighted by atomic mass is 16.5. The van der Waals surface area contributed by atoms with Crippen LogP contribution in [0.5, 0.6) is 5.75 Å². The van der Waals surface area contributed by atoms with E-state index in [4.69, 9.17) is 4.65 Å². The number of benzene rings is 2. The van der Waals surface area contributed by atoms with Crippen LogP contribution in [0.4, 0.5) is 0 Å². The average molecular weight is 484 g/mol. The van der Waals surface area contributed by atoms with Crippen molar-refractivity contribution < 1.29 is 24.4 Å². The van der Waals surface area contributed by atoms with Crippen LogP contribution in [0.3, 0.4) is 0 Å². The van der Waals surface area contributed by atoms with Gasteiger partial charge in [0.15, 0.2) is 11.6 Å². The lowest BCUT2D eigenvalue weighted by Gasteiger charge is -2.47. The lowest BCUT2D eigenvalue weighted by molar-refractivity contribution is 0.0601. The molecule has 186 valence electrons. The lowest BCUT2D eigenvalue weighted by Crippen LogP contribution is -2.50. The topological polar surface area (TPSA) is 83.8 Å². The van der Waals surface area contributed by atoms with Crippen LogP contribution in [0, 0.1) is 17.8 Å². The van der Waals surface area contributed by atoms with E-state index in [0.29, 0.717) is 30.3 Å². The molecule has 0 amide bonds. The summed E-state index contributed by atoms with van der Waals surface area (Å²) >= 11 is 0. The Kier molecular flexibility index (Phi) is 7.00. The zero-order valence-corrected chi connectivity index (χ0v) is 20.9. The van der Waals surface area contributed by atoms with Crippen molar-refractivity contribution in [2.24, 2.45) is 17.8 Å². The molecule has 3 aliphatic rings. The summed E-state index contributed by atoms with van der Waals surface area (Å²) in [6.07, 6.45) is 6.28. The highest BCUT2D eigenvalue weighted by Gasteiger charge is 2.52. The van der Waals surface area contributed by atoms with Gasteiger partial charge in [-0.15, -0.1) is 0 Å². The normalized spacial score (nSPS) is 26.0. The molecular weight excluding hydrogens is 451 g/mol. The third-order valence-corrected chi connectivity index (χ3v) is 8.07. The van der Waals surface area contributed by atoms with Crippen LogP contribution in [-0.4, -0.2) is 34.9 Å². The highest BCUT2D eigenvalue weighted by Crippen LogP contribution is 2.50. The molecule has 2 aromatic carbocycles. The van der Waals surface area contributed by atoms with Gasteiger partial charge in [-0.2, -0.15) is 0 Å². The summed E-state index contributed by atoms with van der Waals surface area (Å²) in [6.45, 7) is 4.21. The molecule has 0 aromatic heterocycles. The molecule has 0 saturated carbocycles. The largest absolute Gasteiger partial charge is 0.508 e. The minimum Gasteiger partial charge on any atom is -0.508 e. The predicted molar refractivity (Wildman–Crippen MR) is 141 cm³/mol. The third kappa shape index (κ3) is 4.60. The molecular formula is C30H33BO5. The molecule has 1 aliphatic heterocycles. The second-order valence-electron chi connectivity index (χ2n) is 10.5. The molecule has 6 heteroatoms. The minimum absolute atomic E-state index is 0.0250. The van der Waals surface area contributed by atoms with Crippen LogP contribution in [-0.2, 0) is 4.65 Å². The van der Waals surface area contributed by atoms with Gasteiger partial charge in [0.05, 0.1) is 6.10 Å². The van der Waals surface area contributed by atoms with E-state index in [1.165, 1.54) is 5.57 Å². The predicted octanol–water partition coefficient (Wildman–Crippen LogP) is 5.88. The Hall–Kier alpha value is -2.96. The molecule has 5 rings (SSSR count). The monoisotopic (exact) mass is 484 g/mol. The van der Waals surface area contributed by atoms with Gasteiger partial charge in [-0.25, -0.2) is 0 Å². The first-order valence-corrected chi connectivity index (χ1v) is 13.1. The van der Waals surface area contributed by atoms with Crippen molar-refractivity contribution in [3.05, 3.63) is 81.9 Å². The van der Waals surface area contributed by atoms with Gasteiger partial charge in [-0.3, -0.25) is 9.59 Å². The molecule has 0 radical (unpaired) electrons. The maximum absolute atomic E-state index is 13.6. The number of allylic oxidation sites excluding steroid dienone is 2. The summed E-state index contributed by atoms with van der Waals surface area (Å²) in [5.74, 6) is -0.661. The Morgan fingerprint density at radius 3 is 2.42 bits per heavy atom.